The average Bonchev–Trinajstić information content (AvgIpc) is 2.56. The number of ether oxygens (including phenoxy) is 1. The molecule has 2 heterocycles. The number of methoxy groups -OCH3 is 1. The lowest BCUT2D eigenvalue weighted by Gasteiger charge is -2.32. The summed E-state index contributed by atoms with van der Waals surface area (Å²) < 4.78 is 39.9. The highest BCUT2D eigenvalue weighted by atomic mass is 32.2. The number of hydrogen-bond acceptors (Lipinski definition) is 7. The average molecular weight is 314 g/mol. The maximum atomic E-state index is 11.5. The predicted molar refractivity (Wildman–Crippen MR) is 77.4 cm³/mol. The Labute approximate surface area is 125 Å². The Balaban J connectivity index is 2.43. The quantitative estimate of drug-likeness (QED) is 0.581. The summed E-state index contributed by atoms with van der Waals surface area (Å²) in [6.45, 7) is 7.69. The molecule has 7 nitrogen and oxygen atoms in total. The summed E-state index contributed by atoms with van der Waals surface area (Å²) >= 11 is 0. The van der Waals surface area contributed by atoms with Crippen LogP contribution in [0.15, 0.2) is 11.4 Å². The third-order valence-electron chi connectivity index (χ3n) is 3.79. The molecular weight excluding hydrogens is 295 g/mol. The summed E-state index contributed by atoms with van der Waals surface area (Å²) in [6, 6.07) is 0. The predicted octanol–water partition coefficient (Wildman–Crippen LogP) is 0.188. The minimum absolute atomic E-state index is 0.129. The maximum absolute atomic E-state index is 11.5. The van der Waals surface area contributed by atoms with Crippen molar-refractivity contribution in [3.05, 3.63) is 6.20 Å². The first-order valence-corrected chi connectivity index (χ1v) is 8.34. The highest BCUT2D eigenvalue weighted by Crippen LogP contribution is 2.36. The molecule has 1 aliphatic heterocycles. The molecule has 0 N–H and O–H groups in total. The Bertz CT molecular complexity index is 644. The molecule has 0 unspecified atom stereocenters. The first kappa shape index (κ1) is 16.2. The van der Waals surface area contributed by atoms with E-state index in [9.17, 15) is 8.42 Å². The van der Waals surface area contributed by atoms with Crippen molar-refractivity contribution in [2.24, 2.45) is 0 Å². The van der Waals surface area contributed by atoms with E-state index in [0.717, 1.165) is 6.26 Å². The second-order valence-electron chi connectivity index (χ2n) is 5.98. The Morgan fingerprint density at radius 2 is 1.71 bits per heavy atom. The molecule has 21 heavy (non-hydrogen) atoms. The van der Waals surface area contributed by atoms with Crippen LogP contribution < -0.4 is 10.2 Å². The number of sulfone groups is 1. The van der Waals surface area contributed by atoms with E-state index in [1.165, 1.54) is 13.3 Å². The largest absolute Gasteiger partial charge is 0.502 e. The van der Waals surface area contributed by atoms with Crippen LogP contribution in [0.5, 0.6) is 5.88 Å². The van der Waals surface area contributed by atoms with Crippen molar-refractivity contribution in [2.75, 3.05) is 13.4 Å². The molecule has 0 radical (unpaired) electrons. The Hall–Kier alpha value is -1.19. The van der Waals surface area contributed by atoms with Crippen LogP contribution in [0, 0.1) is 0 Å². The smallest absolute Gasteiger partial charge is 0.481 e. The van der Waals surface area contributed by atoms with Gasteiger partial charge >= 0.3 is 7.12 Å². The van der Waals surface area contributed by atoms with Gasteiger partial charge in [0.1, 0.15) is 0 Å². The zero-order valence-corrected chi connectivity index (χ0v) is 13.8. The molecule has 1 fully saturated rings. The summed E-state index contributed by atoms with van der Waals surface area (Å²) in [7, 11) is -2.81. The van der Waals surface area contributed by atoms with Gasteiger partial charge in [-0.2, -0.15) is 4.98 Å². The van der Waals surface area contributed by atoms with Crippen LogP contribution in [-0.2, 0) is 19.1 Å². The molecule has 1 aliphatic rings. The molecule has 2 rings (SSSR count). The molecule has 0 spiro atoms. The maximum Gasteiger partial charge on any atom is 0.502 e. The summed E-state index contributed by atoms with van der Waals surface area (Å²) in [5, 5.41) is -0.292. The number of aromatic nitrogens is 2. The van der Waals surface area contributed by atoms with Gasteiger partial charge in [-0.3, -0.25) is 0 Å². The molecule has 116 valence electrons. The highest BCUT2D eigenvalue weighted by molar-refractivity contribution is 7.90. The zero-order valence-electron chi connectivity index (χ0n) is 13.0. The molecule has 0 bridgehead atoms. The van der Waals surface area contributed by atoms with Crippen LogP contribution in [-0.4, -0.2) is 50.1 Å². The highest BCUT2D eigenvalue weighted by Gasteiger charge is 2.53. The summed E-state index contributed by atoms with van der Waals surface area (Å²) in [5.74, 6) is 0.129. The van der Waals surface area contributed by atoms with Crippen molar-refractivity contribution in [3.63, 3.8) is 0 Å². The van der Waals surface area contributed by atoms with Crippen LogP contribution in [0.1, 0.15) is 27.7 Å². The molecule has 0 amide bonds. The fourth-order valence-corrected chi connectivity index (χ4v) is 2.33. The summed E-state index contributed by atoms with van der Waals surface area (Å²) in [6.07, 6.45) is 2.40. The van der Waals surface area contributed by atoms with E-state index >= 15 is 0 Å². The van der Waals surface area contributed by atoms with Gasteiger partial charge < -0.3 is 14.0 Å². The van der Waals surface area contributed by atoms with E-state index in [0.29, 0.717) is 5.46 Å². The van der Waals surface area contributed by atoms with Crippen LogP contribution in [0.4, 0.5) is 0 Å². The van der Waals surface area contributed by atoms with E-state index in [1.807, 2.05) is 27.7 Å². The molecule has 1 aromatic rings. The lowest BCUT2D eigenvalue weighted by atomic mass is 9.81. The zero-order chi connectivity index (χ0) is 16.1. The summed E-state index contributed by atoms with van der Waals surface area (Å²) in [4.78, 5) is 7.78. The Morgan fingerprint density at radius 3 is 2.14 bits per heavy atom. The number of nitrogens with zero attached hydrogens (tertiary/aromatic N) is 2. The second-order valence-corrected chi connectivity index (χ2v) is 7.89. The van der Waals surface area contributed by atoms with Gasteiger partial charge in [-0.05, 0) is 27.7 Å². The Kier molecular flexibility index (Phi) is 3.80. The van der Waals surface area contributed by atoms with Crippen LogP contribution in [0.25, 0.3) is 0 Å². The van der Waals surface area contributed by atoms with Gasteiger partial charge in [-0.25, -0.2) is 13.4 Å². The SMILES string of the molecule is COc1nc(S(C)(=O)=O)ncc1B1OC(C)(C)C(C)(C)O1. The van der Waals surface area contributed by atoms with E-state index in [-0.39, 0.29) is 11.0 Å². The number of rotatable bonds is 3. The van der Waals surface area contributed by atoms with Crippen LogP contribution in [0.3, 0.4) is 0 Å². The van der Waals surface area contributed by atoms with E-state index in [4.69, 9.17) is 14.0 Å². The molecule has 0 aromatic carbocycles. The summed E-state index contributed by atoms with van der Waals surface area (Å²) in [5.41, 5.74) is -0.570. The van der Waals surface area contributed by atoms with Crippen LogP contribution in [0.2, 0.25) is 0 Å². The monoisotopic (exact) mass is 314 g/mol. The second kappa shape index (κ2) is 4.93. The Morgan fingerprint density at radius 1 is 1.19 bits per heavy atom. The van der Waals surface area contributed by atoms with Gasteiger partial charge in [-0.1, -0.05) is 0 Å². The van der Waals surface area contributed by atoms with Crippen molar-refractivity contribution < 1.29 is 22.5 Å². The molecule has 0 atom stereocenters. The van der Waals surface area contributed by atoms with Crippen molar-refractivity contribution >= 4 is 22.4 Å². The van der Waals surface area contributed by atoms with Gasteiger partial charge in [0.25, 0.3) is 0 Å². The van der Waals surface area contributed by atoms with Crippen molar-refractivity contribution in [2.45, 2.75) is 44.1 Å². The van der Waals surface area contributed by atoms with Gasteiger partial charge in [0.2, 0.25) is 20.9 Å². The third kappa shape index (κ3) is 2.90. The molecule has 9 heteroatoms. The van der Waals surface area contributed by atoms with E-state index in [2.05, 4.69) is 9.97 Å². The normalized spacial score (nSPS) is 20.6. The molecule has 0 aliphatic carbocycles. The van der Waals surface area contributed by atoms with Gasteiger partial charge in [-0.15, -0.1) is 0 Å². The fourth-order valence-electron chi connectivity index (χ4n) is 1.83. The standard InChI is InChI=1S/C12H19BN2O5S/c1-11(2)12(3,4)20-13(19-11)8-7-14-10(21(6,16)17)15-9(8)18-5/h7H,1-6H3. The first-order chi connectivity index (χ1) is 9.48. The molecule has 0 saturated carbocycles. The first-order valence-electron chi connectivity index (χ1n) is 6.44. The van der Waals surface area contributed by atoms with Crippen molar-refractivity contribution in [3.8, 4) is 5.88 Å². The van der Waals surface area contributed by atoms with Crippen molar-refractivity contribution in [1.82, 2.24) is 9.97 Å². The number of hydrogen-bond donors (Lipinski definition) is 0. The lowest BCUT2D eigenvalue weighted by molar-refractivity contribution is 0.00578. The van der Waals surface area contributed by atoms with Crippen LogP contribution >= 0.6 is 0 Å². The molecule has 1 aromatic heterocycles. The third-order valence-corrected chi connectivity index (χ3v) is 4.65. The fraction of sp³-hybridized carbons (Fsp3) is 0.667. The van der Waals surface area contributed by atoms with Gasteiger partial charge in [0.15, 0.2) is 0 Å². The van der Waals surface area contributed by atoms with Gasteiger partial charge in [0, 0.05) is 12.5 Å². The minimum atomic E-state index is -3.51. The molecular formula is C12H19BN2O5S. The van der Waals surface area contributed by atoms with E-state index < -0.39 is 28.2 Å². The van der Waals surface area contributed by atoms with Gasteiger partial charge in [0.05, 0.1) is 23.8 Å². The molecule has 1 saturated heterocycles. The van der Waals surface area contributed by atoms with E-state index in [1.54, 1.807) is 0 Å². The topological polar surface area (TPSA) is 87.6 Å². The van der Waals surface area contributed by atoms with Crippen molar-refractivity contribution in [1.29, 1.82) is 0 Å². The lowest BCUT2D eigenvalue weighted by Crippen LogP contribution is -2.41. The minimum Gasteiger partial charge on any atom is -0.481 e.